The number of carbonyl (C=O) groups is 2. The molecule has 0 aliphatic carbocycles. The van der Waals surface area contributed by atoms with E-state index < -0.39 is 28.5 Å². The molecule has 1 atom stereocenters. The van der Waals surface area contributed by atoms with Gasteiger partial charge in [0.15, 0.2) is 0 Å². The topological polar surface area (TPSA) is 86.8 Å². The lowest BCUT2D eigenvalue weighted by Crippen LogP contribution is -2.53. The van der Waals surface area contributed by atoms with Crippen molar-refractivity contribution in [3.05, 3.63) is 129 Å². The van der Waals surface area contributed by atoms with Gasteiger partial charge in [0.1, 0.15) is 12.6 Å². The molecule has 1 N–H and O–H groups in total. The maximum Gasteiger partial charge on any atom is 0.264 e. The molecule has 0 radical (unpaired) electrons. The summed E-state index contributed by atoms with van der Waals surface area (Å²) in [5, 5.41) is 3.35. The number of hydrogen-bond acceptors (Lipinski definition) is 4. The number of aryl methyl sites for hydroxylation is 2. The first-order valence-electron chi connectivity index (χ1n) is 15.1. The molecule has 0 aliphatic heterocycles. The Hall–Kier alpha value is -3.85. The Morgan fingerprint density at radius 1 is 0.804 bits per heavy atom. The third kappa shape index (κ3) is 9.12. The van der Waals surface area contributed by atoms with Crippen LogP contribution in [-0.4, -0.2) is 44.3 Å². The van der Waals surface area contributed by atoms with Crippen molar-refractivity contribution in [1.29, 1.82) is 0 Å². The van der Waals surface area contributed by atoms with Gasteiger partial charge in [0.05, 0.1) is 15.6 Å². The van der Waals surface area contributed by atoms with Crippen molar-refractivity contribution in [1.82, 2.24) is 10.2 Å². The van der Waals surface area contributed by atoms with Crippen LogP contribution < -0.4 is 9.62 Å². The number of nitrogens with zero attached hydrogens (tertiary/aromatic N) is 2. The summed E-state index contributed by atoms with van der Waals surface area (Å²) in [6.45, 7) is 7.67. The molecule has 2 amide bonds. The van der Waals surface area contributed by atoms with Crippen LogP contribution in [0.1, 0.15) is 36.1 Å². The number of carbonyl (C=O) groups excluding carboxylic acids is 2. The molecular formula is C36H39Cl2N3O4S. The largest absolute Gasteiger partial charge is 0.354 e. The maximum absolute atomic E-state index is 14.6. The number of benzene rings is 4. The lowest BCUT2D eigenvalue weighted by Gasteiger charge is -2.34. The van der Waals surface area contributed by atoms with E-state index in [1.54, 1.807) is 18.2 Å². The van der Waals surface area contributed by atoms with Crippen LogP contribution in [0.25, 0.3) is 0 Å². The molecule has 0 bridgehead atoms. The van der Waals surface area contributed by atoms with E-state index in [4.69, 9.17) is 23.2 Å². The molecule has 7 nitrogen and oxygen atoms in total. The van der Waals surface area contributed by atoms with Crippen LogP contribution in [0.2, 0.25) is 10.0 Å². The van der Waals surface area contributed by atoms with Gasteiger partial charge in [0, 0.05) is 24.5 Å². The Morgan fingerprint density at radius 3 is 2.02 bits per heavy atom. The predicted octanol–water partition coefficient (Wildman–Crippen LogP) is 7.22. The SMILES string of the molecule is Cc1ccc(CN(C(=O)CN(c2cc(Cl)ccc2Cl)S(=O)(=O)c2ccc(C)cc2)[C@H](Cc2ccccc2)C(=O)NCC(C)C)cc1. The molecule has 4 rings (SSSR count). The van der Waals surface area contributed by atoms with E-state index in [2.05, 4.69) is 5.32 Å². The summed E-state index contributed by atoms with van der Waals surface area (Å²) < 4.78 is 29.4. The minimum absolute atomic E-state index is 0.0115. The first kappa shape index (κ1) is 35.0. The molecular weight excluding hydrogens is 641 g/mol. The monoisotopic (exact) mass is 679 g/mol. The van der Waals surface area contributed by atoms with Crippen LogP contribution in [0.4, 0.5) is 5.69 Å². The number of rotatable bonds is 13. The van der Waals surface area contributed by atoms with Gasteiger partial charge in [0.2, 0.25) is 11.8 Å². The first-order valence-corrected chi connectivity index (χ1v) is 17.3. The lowest BCUT2D eigenvalue weighted by atomic mass is 10.0. The van der Waals surface area contributed by atoms with Crippen molar-refractivity contribution in [3.63, 3.8) is 0 Å². The fourth-order valence-corrected chi connectivity index (χ4v) is 6.76. The summed E-state index contributed by atoms with van der Waals surface area (Å²) >= 11 is 12.9. The van der Waals surface area contributed by atoms with Crippen LogP contribution in [-0.2, 0) is 32.6 Å². The Labute approximate surface area is 282 Å². The van der Waals surface area contributed by atoms with Gasteiger partial charge in [0.25, 0.3) is 10.0 Å². The Bertz CT molecular complexity index is 1750. The molecule has 242 valence electrons. The van der Waals surface area contributed by atoms with Crippen LogP contribution in [0.5, 0.6) is 0 Å². The summed E-state index contributed by atoms with van der Waals surface area (Å²) in [4.78, 5) is 29.9. The summed E-state index contributed by atoms with van der Waals surface area (Å²) in [6.07, 6.45) is 0.227. The molecule has 4 aromatic rings. The highest BCUT2D eigenvalue weighted by molar-refractivity contribution is 7.92. The number of sulfonamides is 1. The van der Waals surface area contributed by atoms with Crippen molar-refractivity contribution in [2.24, 2.45) is 5.92 Å². The lowest BCUT2D eigenvalue weighted by molar-refractivity contribution is -0.140. The van der Waals surface area contributed by atoms with E-state index in [1.807, 2.05) is 82.3 Å². The van der Waals surface area contributed by atoms with Gasteiger partial charge in [-0.15, -0.1) is 0 Å². The van der Waals surface area contributed by atoms with Gasteiger partial charge in [-0.3, -0.25) is 13.9 Å². The average Bonchev–Trinajstić information content (AvgIpc) is 3.03. The van der Waals surface area contributed by atoms with E-state index >= 15 is 0 Å². The third-order valence-corrected chi connectivity index (χ3v) is 9.82. The van der Waals surface area contributed by atoms with Crippen LogP contribution in [0, 0.1) is 19.8 Å². The van der Waals surface area contributed by atoms with Gasteiger partial charge < -0.3 is 10.2 Å². The van der Waals surface area contributed by atoms with E-state index in [-0.39, 0.29) is 45.4 Å². The van der Waals surface area contributed by atoms with Crippen LogP contribution in [0.15, 0.2) is 102 Å². The van der Waals surface area contributed by atoms with Crippen molar-refractivity contribution >= 4 is 50.7 Å². The number of halogens is 2. The molecule has 46 heavy (non-hydrogen) atoms. The molecule has 0 heterocycles. The maximum atomic E-state index is 14.6. The fraction of sp³-hybridized carbons (Fsp3) is 0.278. The van der Waals surface area contributed by atoms with Gasteiger partial charge in [-0.05, 0) is 61.2 Å². The van der Waals surface area contributed by atoms with Crippen molar-refractivity contribution < 1.29 is 18.0 Å². The summed E-state index contributed by atoms with van der Waals surface area (Å²) in [7, 11) is -4.30. The highest BCUT2D eigenvalue weighted by Gasteiger charge is 2.35. The Kier molecular flexibility index (Phi) is 11.9. The normalized spacial score (nSPS) is 12.1. The van der Waals surface area contributed by atoms with Crippen molar-refractivity contribution in [3.8, 4) is 0 Å². The quantitative estimate of drug-likeness (QED) is 0.162. The molecule has 0 saturated heterocycles. The zero-order valence-electron chi connectivity index (χ0n) is 26.4. The second kappa shape index (κ2) is 15.6. The standard InChI is InChI=1S/C36H39Cl2N3O4S/c1-25(2)22-39-36(43)34(20-28-8-6-5-7-9-28)40(23-29-14-10-26(3)11-15-29)35(42)24-41(33-21-30(37)16-19-32(33)38)46(44,45)31-17-12-27(4)13-18-31/h5-19,21,25,34H,20,22-24H2,1-4H3,(H,39,43)/t34-/m1/s1. The molecule has 0 unspecified atom stereocenters. The van der Waals surface area contributed by atoms with E-state index in [1.165, 1.54) is 29.2 Å². The third-order valence-electron chi connectivity index (χ3n) is 7.49. The number of nitrogens with one attached hydrogen (secondary N) is 1. The molecule has 4 aromatic carbocycles. The zero-order valence-corrected chi connectivity index (χ0v) is 28.7. The first-order chi connectivity index (χ1) is 21.8. The van der Waals surface area contributed by atoms with Crippen LogP contribution in [0.3, 0.4) is 0 Å². The molecule has 0 aliphatic rings. The summed E-state index contributed by atoms with van der Waals surface area (Å²) in [5.41, 5.74) is 3.63. The second-order valence-electron chi connectivity index (χ2n) is 11.8. The molecule has 0 spiro atoms. The van der Waals surface area contributed by atoms with Gasteiger partial charge in [-0.2, -0.15) is 0 Å². The molecule has 0 aromatic heterocycles. The Morgan fingerprint density at radius 2 is 1.41 bits per heavy atom. The highest BCUT2D eigenvalue weighted by atomic mass is 35.5. The second-order valence-corrected chi connectivity index (χ2v) is 14.5. The highest BCUT2D eigenvalue weighted by Crippen LogP contribution is 2.33. The smallest absolute Gasteiger partial charge is 0.264 e. The molecule has 0 fully saturated rings. The average molecular weight is 681 g/mol. The van der Waals surface area contributed by atoms with E-state index in [0.717, 1.165) is 26.6 Å². The molecule has 10 heteroatoms. The number of amides is 2. The predicted molar refractivity (Wildman–Crippen MR) is 186 cm³/mol. The van der Waals surface area contributed by atoms with Crippen molar-refractivity contribution in [2.75, 3.05) is 17.4 Å². The van der Waals surface area contributed by atoms with Gasteiger partial charge >= 0.3 is 0 Å². The number of anilines is 1. The minimum atomic E-state index is -4.30. The van der Waals surface area contributed by atoms with Gasteiger partial charge in [-0.1, -0.05) is 115 Å². The van der Waals surface area contributed by atoms with Crippen LogP contribution >= 0.6 is 23.2 Å². The van der Waals surface area contributed by atoms with Crippen molar-refractivity contribution in [2.45, 2.75) is 51.6 Å². The zero-order chi connectivity index (χ0) is 33.4. The summed E-state index contributed by atoms with van der Waals surface area (Å²) in [6, 6.07) is 27.0. The fourth-order valence-electron chi connectivity index (χ4n) is 4.89. The summed E-state index contributed by atoms with van der Waals surface area (Å²) in [5.74, 6) is -0.720. The number of hydrogen-bond donors (Lipinski definition) is 1. The van der Waals surface area contributed by atoms with E-state index in [9.17, 15) is 18.0 Å². The van der Waals surface area contributed by atoms with E-state index in [0.29, 0.717) is 6.54 Å². The molecule has 0 saturated carbocycles. The Balaban J connectivity index is 1.82. The van der Waals surface area contributed by atoms with Gasteiger partial charge in [-0.25, -0.2) is 8.42 Å². The minimum Gasteiger partial charge on any atom is -0.354 e.